The number of unbranched alkanes of at least 4 members (excludes halogenated alkanes) is 1. The Morgan fingerprint density at radius 2 is 2.00 bits per heavy atom. The zero-order valence-electron chi connectivity index (χ0n) is 14.6. The second-order valence-electron chi connectivity index (χ2n) is 6.22. The van der Waals surface area contributed by atoms with E-state index in [0.717, 1.165) is 12.8 Å². The second kappa shape index (κ2) is 10.8. The van der Waals surface area contributed by atoms with E-state index in [1.165, 1.54) is 6.08 Å². The number of amides is 2. The second-order valence-corrected chi connectivity index (χ2v) is 6.22. The summed E-state index contributed by atoms with van der Waals surface area (Å²) in [6.07, 6.45) is 5.35. The molecule has 23 heavy (non-hydrogen) atoms. The summed E-state index contributed by atoms with van der Waals surface area (Å²) in [7, 11) is 0. The van der Waals surface area contributed by atoms with E-state index in [1.54, 1.807) is 20.8 Å². The van der Waals surface area contributed by atoms with Gasteiger partial charge in [0.25, 0.3) is 5.91 Å². The summed E-state index contributed by atoms with van der Waals surface area (Å²) in [5.74, 6) is -0.520. The minimum atomic E-state index is -1.36. The number of hydrogen-bond donors (Lipinski definition) is 3. The first-order valence-electron chi connectivity index (χ1n) is 7.88. The lowest BCUT2D eigenvalue weighted by molar-refractivity contribution is -0.130. The van der Waals surface area contributed by atoms with Crippen molar-refractivity contribution in [1.29, 1.82) is 0 Å². The maximum Gasteiger partial charge on any atom is 0.407 e. The van der Waals surface area contributed by atoms with Gasteiger partial charge in [-0.1, -0.05) is 18.2 Å². The predicted octanol–water partition coefficient (Wildman–Crippen LogP) is 2.29. The van der Waals surface area contributed by atoms with Crippen molar-refractivity contribution in [2.24, 2.45) is 0 Å². The van der Waals surface area contributed by atoms with Crippen LogP contribution in [0.2, 0.25) is 0 Å². The molecule has 0 aromatic heterocycles. The van der Waals surface area contributed by atoms with Gasteiger partial charge in [-0.2, -0.15) is 0 Å². The number of carbonyl (C=O) groups excluding carboxylic acids is 2. The van der Waals surface area contributed by atoms with Gasteiger partial charge in [0, 0.05) is 6.54 Å². The Morgan fingerprint density at radius 1 is 1.35 bits per heavy atom. The Labute approximate surface area is 139 Å². The first kappa shape index (κ1) is 21.2. The monoisotopic (exact) mass is 326 g/mol. The van der Waals surface area contributed by atoms with Crippen LogP contribution in [-0.2, 0) is 9.53 Å². The standard InChI is InChI=1S/C17H30N2O4/c1-6-8-9-10-12-18-15(21)14(20)13(11-7-2)19-16(22)23-17(3,4)5/h6-8,13-14,20H,2,9-12H2,1,3-5H3,(H,18,21)(H,19,22)/b8-6+/t13-,14?/m0/s1. The lowest BCUT2D eigenvalue weighted by Gasteiger charge is -2.25. The normalized spacial score (nSPS) is 14.1. The summed E-state index contributed by atoms with van der Waals surface area (Å²) in [5.41, 5.74) is -0.650. The molecule has 0 heterocycles. The number of carbonyl (C=O) groups is 2. The molecule has 0 spiro atoms. The first-order chi connectivity index (χ1) is 10.7. The lowest BCUT2D eigenvalue weighted by atomic mass is 10.1. The van der Waals surface area contributed by atoms with Crippen LogP contribution in [0.1, 0.15) is 47.0 Å². The third-order valence-corrected chi connectivity index (χ3v) is 2.85. The average Bonchev–Trinajstić information content (AvgIpc) is 2.43. The van der Waals surface area contributed by atoms with Crippen LogP contribution in [0.5, 0.6) is 0 Å². The summed E-state index contributed by atoms with van der Waals surface area (Å²) >= 11 is 0. The molecule has 3 N–H and O–H groups in total. The van der Waals surface area contributed by atoms with E-state index in [-0.39, 0.29) is 6.42 Å². The van der Waals surface area contributed by atoms with Gasteiger partial charge in [-0.25, -0.2) is 4.79 Å². The van der Waals surface area contributed by atoms with Gasteiger partial charge in [0.2, 0.25) is 0 Å². The minimum absolute atomic E-state index is 0.256. The van der Waals surface area contributed by atoms with Crippen LogP contribution >= 0.6 is 0 Å². The maximum absolute atomic E-state index is 12.0. The van der Waals surface area contributed by atoms with E-state index in [1.807, 2.05) is 19.1 Å². The van der Waals surface area contributed by atoms with Gasteiger partial charge in [0.05, 0.1) is 6.04 Å². The zero-order valence-corrected chi connectivity index (χ0v) is 14.6. The molecular weight excluding hydrogens is 296 g/mol. The molecule has 0 fully saturated rings. The van der Waals surface area contributed by atoms with Crippen molar-refractivity contribution in [1.82, 2.24) is 10.6 Å². The SMILES string of the molecule is C=CC[C@H](NC(=O)OC(C)(C)C)C(O)C(=O)NCCC/C=C/C. The van der Waals surface area contributed by atoms with E-state index in [0.29, 0.717) is 6.54 Å². The molecule has 132 valence electrons. The predicted molar refractivity (Wildman–Crippen MR) is 91.0 cm³/mol. The summed E-state index contributed by atoms with van der Waals surface area (Å²) in [6, 6.07) is -0.780. The zero-order chi connectivity index (χ0) is 17.9. The van der Waals surface area contributed by atoms with Crippen molar-refractivity contribution in [3.05, 3.63) is 24.8 Å². The largest absolute Gasteiger partial charge is 0.444 e. The van der Waals surface area contributed by atoms with Crippen molar-refractivity contribution in [3.8, 4) is 0 Å². The summed E-state index contributed by atoms with van der Waals surface area (Å²) in [6.45, 7) is 11.2. The Hall–Kier alpha value is -1.82. The van der Waals surface area contributed by atoms with E-state index in [9.17, 15) is 14.7 Å². The van der Waals surface area contributed by atoms with Crippen molar-refractivity contribution < 1.29 is 19.4 Å². The van der Waals surface area contributed by atoms with Crippen molar-refractivity contribution in [2.45, 2.75) is 64.7 Å². The highest BCUT2D eigenvalue weighted by molar-refractivity contribution is 5.82. The maximum atomic E-state index is 12.0. The molecule has 0 saturated heterocycles. The topological polar surface area (TPSA) is 87.7 Å². The van der Waals surface area contributed by atoms with Crippen LogP contribution in [0.3, 0.4) is 0 Å². The number of hydrogen-bond acceptors (Lipinski definition) is 4. The van der Waals surface area contributed by atoms with Gasteiger partial charge in [-0.15, -0.1) is 6.58 Å². The first-order valence-corrected chi connectivity index (χ1v) is 7.88. The molecule has 2 amide bonds. The number of allylic oxidation sites excluding steroid dienone is 2. The number of ether oxygens (including phenoxy) is 1. The highest BCUT2D eigenvalue weighted by Crippen LogP contribution is 2.08. The molecule has 0 bridgehead atoms. The molecule has 0 aliphatic heterocycles. The van der Waals surface area contributed by atoms with Crippen molar-refractivity contribution in [3.63, 3.8) is 0 Å². The Bertz CT molecular complexity index is 413. The van der Waals surface area contributed by atoms with Gasteiger partial charge >= 0.3 is 6.09 Å². The van der Waals surface area contributed by atoms with E-state index >= 15 is 0 Å². The van der Waals surface area contributed by atoms with Crippen LogP contribution in [0.25, 0.3) is 0 Å². The van der Waals surface area contributed by atoms with E-state index in [2.05, 4.69) is 17.2 Å². The fraction of sp³-hybridized carbons (Fsp3) is 0.647. The van der Waals surface area contributed by atoms with Gasteiger partial charge in [-0.05, 0) is 47.0 Å². The molecule has 0 saturated carbocycles. The summed E-state index contributed by atoms with van der Waals surface area (Å²) < 4.78 is 5.14. The van der Waals surface area contributed by atoms with Gasteiger partial charge in [0.1, 0.15) is 5.60 Å². The molecule has 2 atom stereocenters. The van der Waals surface area contributed by atoms with Crippen molar-refractivity contribution in [2.75, 3.05) is 6.54 Å². The molecule has 0 rings (SSSR count). The van der Waals surface area contributed by atoms with Gasteiger partial charge < -0.3 is 20.5 Å². The van der Waals surface area contributed by atoms with Crippen LogP contribution in [0.15, 0.2) is 24.8 Å². The highest BCUT2D eigenvalue weighted by atomic mass is 16.6. The number of nitrogens with one attached hydrogen (secondary N) is 2. The van der Waals surface area contributed by atoms with Crippen LogP contribution in [0.4, 0.5) is 4.79 Å². The molecule has 0 aromatic carbocycles. The molecule has 0 aliphatic carbocycles. The molecule has 1 unspecified atom stereocenters. The summed E-state index contributed by atoms with van der Waals surface area (Å²) in [5, 5.41) is 15.3. The van der Waals surface area contributed by atoms with Crippen LogP contribution in [-0.4, -0.2) is 41.4 Å². The Morgan fingerprint density at radius 3 is 2.52 bits per heavy atom. The van der Waals surface area contributed by atoms with E-state index < -0.39 is 29.7 Å². The number of rotatable bonds is 9. The third kappa shape index (κ3) is 10.5. The van der Waals surface area contributed by atoms with Gasteiger partial charge in [-0.3, -0.25) is 4.79 Å². The fourth-order valence-electron chi connectivity index (χ4n) is 1.79. The van der Waals surface area contributed by atoms with Crippen LogP contribution < -0.4 is 10.6 Å². The highest BCUT2D eigenvalue weighted by Gasteiger charge is 2.28. The molecule has 6 nitrogen and oxygen atoms in total. The van der Waals surface area contributed by atoms with E-state index in [4.69, 9.17) is 4.74 Å². The molecule has 0 aromatic rings. The quantitative estimate of drug-likeness (QED) is 0.448. The third-order valence-electron chi connectivity index (χ3n) is 2.85. The Balaban J connectivity index is 4.47. The lowest BCUT2D eigenvalue weighted by Crippen LogP contribution is -2.51. The Kier molecular flexibility index (Phi) is 9.97. The minimum Gasteiger partial charge on any atom is -0.444 e. The smallest absolute Gasteiger partial charge is 0.407 e. The van der Waals surface area contributed by atoms with Gasteiger partial charge in [0.15, 0.2) is 6.10 Å². The van der Waals surface area contributed by atoms with Crippen molar-refractivity contribution >= 4 is 12.0 Å². The molecular formula is C17H30N2O4. The summed E-state index contributed by atoms with van der Waals surface area (Å²) in [4.78, 5) is 23.7. The fourth-order valence-corrected chi connectivity index (χ4v) is 1.79. The average molecular weight is 326 g/mol. The van der Waals surface area contributed by atoms with Crippen LogP contribution in [0, 0.1) is 0 Å². The molecule has 0 radical (unpaired) electrons. The molecule has 6 heteroatoms. The number of alkyl carbamates (subject to hydrolysis) is 1. The molecule has 0 aliphatic rings. The number of aliphatic hydroxyl groups excluding tert-OH is 1. The number of aliphatic hydroxyl groups is 1.